The first-order valence-electron chi connectivity index (χ1n) is 8.37. The van der Waals surface area contributed by atoms with Crippen LogP contribution in [0.4, 0.5) is 0 Å². The smallest absolute Gasteiger partial charge is 0.307 e. The number of aliphatic carboxylic acids is 1. The first-order valence-corrected chi connectivity index (χ1v) is 8.37. The molecule has 7 heteroatoms. The molecule has 27 heavy (non-hydrogen) atoms. The van der Waals surface area contributed by atoms with Crippen molar-refractivity contribution in [2.45, 2.75) is 19.4 Å². The molecule has 0 aromatic heterocycles. The summed E-state index contributed by atoms with van der Waals surface area (Å²) in [5.41, 5.74) is 1.46. The van der Waals surface area contributed by atoms with Gasteiger partial charge in [-0.05, 0) is 42.8 Å². The molecule has 144 valence electrons. The highest BCUT2D eigenvalue weighted by molar-refractivity contribution is 5.78. The summed E-state index contributed by atoms with van der Waals surface area (Å²) in [7, 11) is 3.14. The first-order chi connectivity index (χ1) is 12.9. The van der Waals surface area contributed by atoms with E-state index < -0.39 is 5.97 Å². The Morgan fingerprint density at radius 3 is 2.30 bits per heavy atom. The molecule has 1 atom stereocenters. The summed E-state index contributed by atoms with van der Waals surface area (Å²) < 4.78 is 16.0. The SMILES string of the molecule is COc1ccc(OC)c([C@H](C)NC(=O)COc2ccc(CC(=O)O)cc2)c1. The highest BCUT2D eigenvalue weighted by Crippen LogP contribution is 2.29. The minimum absolute atomic E-state index is 0.0549. The van der Waals surface area contributed by atoms with Gasteiger partial charge in [-0.1, -0.05) is 12.1 Å². The number of ether oxygens (including phenoxy) is 3. The van der Waals surface area contributed by atoms with E-state index in [9.17, 15) is 9.59 Å². The van der Waals surface area contributed by atoms with Crippen LogP contribution in [0.2, 0.25) is 0 Å². The third kappa shape index (κ3) is 5.91. The zero-order valence-electron chi connectivity index (χ0n) is 15.5. The van der Waals surface area contributed by atoms with Crippen molar-refractivity contribution in [1.82, 2.24) is 5.32 Å². The number of carbonyl (C=O) groups is 2. The zero-order valence-corrected chi connectivity index (χ0v) is 15.5. The molecule has 7 nitrogen and oxygen atoms in total. The predicted octanol–water partition coefficient (Wildman–Crippen LogP) is 2.59. The van der Waals surface area contributed by atoms with E-state index in [1.165, 1.54) is 0 Å². The molecule has 0 saturated heterocycles. The van der Waals surface area contributed by atoms with Gasteiger partial charge in [-0.2, -0.15) is 0 Å². The Balaban J connectivity index is 1.92. The van der Waals surface area contributed by atoms with E-state index in [4.69, 9.17) is 19.3 Å². The van der Waals surface area contributed by atoms with Gasteiger partial charge >= 0.3 is 5.97 Å². The van der Waals surface area contributed by atoms with Gasteiger partial charge in [0, 0.05) is 5.56 Å². The lowest BCUT2D eigenvalue weighted by atomic mass is 10.1. The number of nitrogens with one attached hydrogen (secondary N) is 1. The third-order valence-corrected chi connectivity index (χ3v) is 3.93. The van der Waals surface area contributed by atoms with E-state index in [-0.39, 0.29) is 25.0 Å². The molecule has 0 bridgehead atoms. The van der Waals surface area contributed by atoms with Crippen molar-refractivity contribution in [1.29, 1.82) is 0 Å². The van der Waals surface area contributed by atoms with Crippen LogP contribution in [0.1, 0.15) is 24.1 Å². The molecule has 0 heterocycles. The minimum atomic E-state index is -0.898. The van der Waals surface area contributed by atoms with Gasteiger partial charge in [-0.3, -0.25) is 9.59 Å². The Labute approximate surface area is 157 Å². The highest BCUT2D eigenvalue weighted by atomic mass is 16.5. The van der Waals surface area contributed by atoms with E-state index in [0.29, 0.717) is 22.8 Å². The van der Waals surface area contributed by atoms with Gasteiger partial charge in [0.05, 0.1) is 26.7 Å². The van der Waals surface area contributed by atoms with Crippen molar-refractivity contribution in [3.8, 4) is 17.2 Å². The maximum atomic E-state index is 12.2. The van der Waals surface area contributed by atoms with Crippen LogP contribution >= 0.6 is 0 Å². The number of hydrogen-bond donors (Lipinski definition) is 2. The second-order valence-corrected chi connectivity index (χ2v) is 5.90. The molecule has 0 aliphatic heterocycles. The van der Waals surface area contributed by atoms with Crippen molar-refractivity contribution < 1.29 is 28.9 Å². The summed E-state index contributed by atoms with van der Waals surface area (Å²) in [6, 6.07) is 11.7. The molecule has 0 aliphatic rings. The summed E-state index contributed by atoms with van der Waals surface area (Å²) in [6.07, 6.45) is -0.0549. The van der Waals surface area contributed by atoms with Crippen molar-refractivity contribution >= 4 is 11.9 Å². The van der Waals surface area contributed by atoms with Crippen LogP contribution in [-0.4, -0.2) is 37.8 Å². The quantitative estimate of drug-likeness (QED) is 0.702. The van der Waals surface area contributed by atoms with Crippen LogP contribution in [0.15, 0.2) is 42.5 Å². The number of carbonyl (C=O) groups excluding carboxylic acids is 1. The molecule has 0 unspecified atom stereocenters. The standard InChI is InChI=1S/C20H23NO6/c1-13(17-11-16(25-2)8-9-18(17)26-3)21-19(22)12-27-15-6-4-14(5-7-15)10-20(23)24/h4-9,11,13H,10,12H2,1-3H3,(H,21,22)(H,23,24)/t13-/m0/s1. The van der Waals surface area contributed by atoms with Crippen molar-refractivity contribution in [3.05, 3.63) is 53.6 Å². The van der Waals surface area contributed by atoms with Crippen LogP contribution in [0.5, 0.6) is 17.2 Å². The van der Waals surface area contributed by atoms with Gasteiger partial charge in [0.25, 0.3) is 5.91 Å². The highest BCUT2D eigenvalue weighted by Gasteiger charge is 2.15. The Morgan fingerprint density at radius 1 is 1.04 bits per heavy atom. The van der Waals surface area contributed by atoms with E-state index >= 15 is 0 Å². The summed E-state index contributed by atoms with van der Waals surface area (Å²) in [5, 5.41) is 11.6. The number of carboxylic acid groups (broad SMARTS) is 1. The maximum absolute atomic E-state index is 12.2. The molecule has 2 N–H and O–H groups in total. The third-order valence-electron chi connectivity index (χ3n) is 3.93. The first kappa shape index (κ1) is 20.1. The van der Waals surface area contributed by atoms with Gasteiger partial charge in [-0.15, -0.1) is 0 Å². The van der Waals surface area contributed by atoms with Crippen molar-refractivity contribution in [3.63, 3.8) is 0 Å². The molecule has 2 rings (SSSR count). The average molecular weight is 373 g/mol. The summed E-state index contributed by atoms with van der Waals surface area (Å²) in [6.45, 7) is 1.69. The monoisotopic (exact) mass is 373 g/mol. The fraction of sp³-hybridized carbons (Fsp3) is 0.300. The van der Waals surface area contributed by atoms with Gasteiger partial charge in [0.2, 0.25) is 0 Å². The second kappa shape index (κ2) is 9.47. The van der Waals surface area contributed by atoms with E-state index in [1.807, 2.05) is 13.0 Å². The van der Waals surface area contributed by atoms with Crippen LogP contribution in [-0.2, 0) is 16.0 Å². The molecule has 2 aromatic carbocycles. The lowest BCUT2D eigenvalue weighted by molar-refractivity contribution is -0.136. The molecular formula is C20H23NO6. The van der Waals surface area contributed by atoms with E-state index in [0.717, 1.165) is 5.56 Å². The molecule has 2 aromatic rings. The largest absolute Gasteiger partial charge is 0.497 e. The number of hydrogen-bond acceptors (Lipinski definition) is 5. The molecule has 0 spiro atoms. The van der Waals surface area contributed by atoms with Crippen LogP contribution in [0.25, 0.3) is 0 Å². The molecule has 0 fully saturated rings. The predicted molar refractivity (Wildman–Crippen MR) is 99.4 cm³/mol. The second-order valence-electron chi connectivity index (χ2n) is 5.90. The molecule has 0 saturated carbocycles. The Bertz CT molecular complexity index is 788. The lowest BCUT2D eigenvalue weighted by Gasteiger charge is -2.18. The molecule has 0 radical (unpaired) electrons. The van der Waals surface area contributed by atoms with Gasteiger partial charge in [0.15, 0.2) is 6.61 Å². The summed E-state index contributed by atoms with van der Waals surface area (Å²) in [4.78, 5) is 22.9. The number of amides is 1. The van der Waals surface area contributed by atoms with Crippen molar-refractivity contribution in [2.24, 2.45) is 0 Å². The lowest BCUT2D eigenvalue weighted by Crippen LogP contribution is -2.31. The molecular weight excluding hydrogens is 350 g/mol. The van der Waals surface area contributed by atoms with Gasteiger partial charge < -0.3 is 24.6 Å². The maximum Gasteiger partial charge on any atom is 0.307 e. The summed E-state index contributed by atoms with van der Waals surface area (Å²) >= 11 is 0. The fourth-order valence-corrected chi connectivity index (χ4v) is 2.57. The van der Waals surface area contributed by atoms with Crippen molar-refractivity contribution in [2.75, 3.05) is 20.8 Å². The Morgan fingerprint density at radius 2 is 1.70 bits per heavy atom. The van der Waals surface area contributed by atoms with Gasteiger partial charge in [0.1, 0.15) is 17.2 Å². The van der Waals surface area contributed by atoms with E-state index in [1.54, 1.807) is 50.6 Å². The van der Waals surface area contributed by atoms with Crippen LogP contribution in [0.3, 0.4) is 0 Å². The normalized spacial score (nSPS) is 11.4. The Kier molecular flexibility index (Phi) is 7.05. The number of rotatable bonds is 9. The van der Waals surface area contributed by atoms with Gasteiger partial charge in [-0.25, -0.2) is 0 Å². The molecule has 0 aliphatic carbocycles. The number of methoxy groups -OCH3 is 2. The fourth-order valence-electron chi connectivity index (χ4n) is 2.57. The van der Waals surface area contributed by atoms with E-state index in [2.05, 4.69) is 5.32 Å². The van der Waals surface area contributed by atoms with Crippen LogP contribution in [0, 0.1) is 0 Å². The topological polar surface area (TPSA) is 94.1 Å². The zero-order chi connectivity index (χ0) is 19.8. The average Bonchev–Trinajstić information content (AvgIpc) is 2.66. The number of carboxylic acids is 1. The molecule has 1 amide bonds. The Hall–Kier alpha value is -3.22. The minimum Gasteiger partial charge on any atom is -0.497 e. The van der Waals surface area contributed by atoms with Crippen LogP contribution < -0.4 is 19.5 Å². The number of benzene rings is 2. The summed E-state index contributed by atoms with van der Waals surface area (Å²) in [5.74, 6) is 0.626.